The van der Waals surface area contributed by atoms with E-state index in [0.29, 0.717) is 0 Å². The normalized spacial score (nSPS) is 19.5. The molecule has 0 amide bonds. The second-order valence-electron chi connectivity index (χ2n) is 5.40. The molecule has 3 nitrogen and oxygen atoms in total. The van der Waals surface area contributed by atoms with Crippen LogP contribution < -0.4 is 5.32 Å². The number of halogens is 1. The van der Waals surface area contributed by atoms with E-state index in [1.165, 1.54) is 19.0 Å². The average Bonchev–Trinajstić information content (AvgIpc) is 2.45. The van der Waals surface area contributed by atoms with Crippen LogP contribution in [0.25, 0.3) is 0 Å². The smallest absolute Gasteiger partial charge is 0.141 e. The van der Waals surface area contributed by atoms with Crippen molar-refractivity contribution in [3.8, 4) is 0 Å². The summed E-state index contributed by atoms with van der Waals surface area (Å²) in [7, 11) is 0. The van der Waals surface area contributed by atoms with Crippen molar-refractivity contribution in [1.29, 1.82) is 0 Å². The Kier molecular flexibility index (Phi) is 5.28. The highest BCUT2D eigenvalue weighted by Crippen LogP contribution is 2.26. The molecule has 0 aliphatic carbocycles. The van der Waals surface area contributed by atoms with Crippen LogP contribution in [0.1, 0.15) is 38.3 Å². The monoisotopic (exact) mass is 265 g/mol. The van der Waals surface area contributed by atoms with Crippen molar-refractivity contribution in [3.63, 3.8) is 0 Å². The summed E-state index contributed by atoms with van der Waals surface area (Å²) < 4.78 is 13.2. The van der Waals surface area contributed by atoms with Gasteiger partial charge in [-0.25, -0.2) is 4.39 Å². The number of hydrogen-bond donors (Lipinski definition) is 1. The lowest BCUT2D eigenvalue weighted by Gasteiger charge is -2.36. The van der Waals surface area contributed by atoms with Gasteiger partial charge < -0.3 is 5.32 Å². The van der Waals surface area contributed by atoms with Crippen LogP contribution in [0.4, 0.5) is 4.39 Å². The molecule has 0 spiro atoms. The second kappa shape index (κ2) is 6.96. The van der Waals surface area contributed by atoms with Gasteiger partial charge in [-0.1, -0.05) is 6.92 Å². The molecule has 19 heavy (non-hydrogen) atoms. The Morgan fingerprint density at radius 2 is 2.16 bits per heavy atom. The summed E-state index contributed by atoms with van der Waals surface area (Å²) in [5, 5.41) is 3.42. The summed E-state index contributed by atoms with van der Waals surface area (Å²) in [6.45, 7) is 8.64. The summed E-state index contributed by atoms with van der Waals surface area (Å²) in [5.41, 5.74) is 0.977. The molecule has 1 fully saturated rings. The standard InChI is InChI=1S/C15H24FN3/c1-3-17-9-13-4-6-19(7-5-13)12(2)14-8-15(16)11-18-10-14/h8,10-13,17H,3-7,9H2,1-2H3. The van der Waals surface area contributed by atoms with E-state index in [1.54, 1.807) is 12.3 Å². The molecular formula is C15H24FN3. The van der Waals surface area contributed by atoms with Gasteiger partial charge in [0.15, 0.2) is 0 Å². The quantitative estimate of drug-likeness (QED) is 0.887. The van der Waals surface area contributed by atoms with Gasteiger partial charge in [0.25, 0.3) is 0 Å². The van der Waals surface area contributed by atoms with E-state index >= 15 is 0 Å². The SMILES string of the molecule is CCNCC1CCN(C(C)c2cncc(F)c2)CC1. The summed E-state index contributed by atoms with van der Waals surface area (Å²) in [6.07, 6.45) is 5.48. The molecule has 106 valence electrons. The fourth-order valence-corrected chi connectivity index (χ4v) is 2.76. The third-order valence-electron chi connectivity index (χ3n) is 4.09. The zero-order valence-electron chi connectivity index (χ0n) is 11.9. The number of likely N-dealkylation sites (tertiary alicyclic amines) is 1. The van der Waals surface area contributed by atoms with Gasteiger partial charge in [-0.3, -0.25) is 9.88 Å². The van der Waals surface area contributed by atoms with E-state index in [-0.39, 0.29) is 11.9 Å². The first-order chi connectivity index (χ1) is 9.20. The maximum atomic E-state index is 13.2. The Morgan fingerprint density at radius 3 is 2.79 bits per heavy atom. The minimum atomic E-state index is -0.244. The maximum absolute atomic E-state index is 13.2. The predicted molar refractivity (Wildman–Crippen MR) is 75.5 cm³/mol. The van der Waals surface area contributed by atoms with Crippen molar-refractivity contribution in [1.82, 2.24) is 15.2 Å². The summed E-state index contributed by atoms with van der Waals surface area (Å²) in [6, 6.07) is 1.85. The lowest BCUT2D eigenvalue weighted by Crippen LogP contribution is -2.38. The lowest BCUT2D eigenvalue weighted by atomic mass is 9.95. The molecule has 1 aliphatic rings. The van der Waals surface area contributed by atoms with Crippen molar-refractivity contribution < 1.29 is 4.39 Å². The first kappa shape index (κ1) is 14.4. The molecular weight excluding hydrogens is 241 g/mol. The van der Waals surface area contributed by atoms with Crippen LogP contribution in [0.5, 0.6) is 0 Å². The number of pyridine rings is 1. The number of aromatic nitrogens is 1. The largest absolute Gasteiger partial charge is 0.317 e. The van der Waals surface area contributed by atoms with Crippen molar-refractivity contribution in [2.75, 3.05) is 26.2 Å². The topological polar surface area (TPSA) is 28.2 Å². The molecule has 0 saturated carbocycles. The predicted octanol–water partition coefficient (Wildman–Crippen LogP) is 2.60. The number of piperidine rings is 1. The van der Waals surface area contributed by atoms with Gasteiger partial charge in [0.05, 0.1) is 6.20 Å². The van der Waals surface area contributed by atoms with Crippen LogP contribution in [0.3, 0.4) is 0 Å². The molecule has 0 aromatic carbocycles. The van der Waals surface area contributed by atoms with Crippen molar-refractivity contribution in [2.24, 2.45) is 5.92 Å². The average molecular weight is 265 g/mol. The summed E-state index contributed by atoms with van der Waals surface area (Å²) >= 11 is 0. The molecule has 1 atom stereocenters. The number of rotatable bonds is 5. The van der Waals surface area contributed by atoms with E-state index in [0.717, 1.165) is 37.7 Å². The van der Waals surface area contributed by atoms with E-state index in [1.807, 2.05) is 0 Å². The molecule has 1 aliphatic heterocycles. The Bertz CT molecular complexity index is 389. The lowest BCUT2D eigenvalue weighted by molar-refractivity contribution is 0.140. The van der Waals surface area contributed by atoms with Crippen molar-refractivity contribution in [3.05, 3.63) is 29.8 Å². The highest BCUT2D eigenvalue weighted by Gasteiger charge is 2.23. The molecule has 1 unspecified atom stereocenters. The second-order valence-corrected chi connectivity index (χ2v) is 5.40. The molecule has 1 saturated heterocycles. The van der Waals surface area contributed by atoms with E-state index in [2.05, 4.69) is 29.0 Å². The molecule has 1 N–H and O–H groups in total. The first-order valence-corrected chi connectivity index (χ1v) is 7.26. The van der Waals surface area contributed by atoms with Crippen LogP contribution in [-0.4, -0.2) is 36.1 Å². The third-order valence-corrected chi connectivity index (χ3v) is 4.09. The molecule has 4 heteroatoms. The van der Waals surface area contributed by atoms with E-state index in [9.17, 15) is 4.39 Å². The minimum Gasteiger partial charge on any atom is -0.317 e. The van der Waals surface area contributed by atoms with Gasteiger partial charge in [0.2, 0.25) is 0 Å². The summed E-state index contributed by atoms with van der Waals surface area (Å²) in [4.78, 5) is 6.37. The van der Waals surface area contributed by atoms with Crippen LogP contribution in [-0.2, 0) is 0 Å². The summed E-state index contributed by atoms with van der Waals surface area (Å²) in [5.74, 6) is 0.542. The van der Waals surface area contributed by atoms with Crippen molar-refractivity contribution >= 4 is 0 Å². The molecule has 1 aromatic heterocycles. The van der Waals surface area contributed by atoms with Crippen LogP contribution >= 0.6 is 0 Å². The molecule has 0 bridgehead atoms. The van der Waals surface area contributed by atoms with Gasteiger partial charge in [-0.15, -0.1) is 0 Å². The zero-order valence-corrected chi connectivity index (χ0v) is 11.9. The van der Waals surface area contributed by atoms with Gasteiger partial charge in [0, 0.05) is 12.2 Å². The Labute approximate surface area is 115 Å². The van der Waals surface area contributed by atoms with Gasteiger partial charge in [-0.2, -0.15) is 0 Å². The van der Waals surface area contributed by atoms with Crippen LogP contribution in [0.2, 0.25) is 0 Å². The van der Waals surface area contributed by atoms with Crippen LogP contribution in [0, 0.1) is 11.7 Å². The zero-order chi connectivity index (χ0) is 13.7. The highest BCUT2D eigenvalue weighted by atomic mass is 19.1. The van der Waals surface area contributed by atoms with E-state index < -0.39 is 0 Å². The fraction of sp³-hybridized carbons (Fsp3) is 0.667. The maximum Gasteiger partial charge on any atom is 0.141 e. The molecule has 2 heterocycles. The Morgan fingerprint density at radius 1 is 1.42 bits per heavy atom. The highest BCUT2D eigenvalue weighted by molar-refractivity contribution is 5.14. The van der Waals surface area contributed by atoms with Crippen LogP contribution in [0.15, 0.2) is 18.5 Å². The number of nitrogens with zero attached hydrogens (tertiary/aromatic N) is 2. The van der Waals surface area contributed by atoms with Gasteiger partial charge in [0.1, 0.15) is 5.82 Å². The minimum absolute atomic E-state index is 0.244. The van der Waals surface area contributed by atoms with Gasteiger partial charge >= 0.3 is 0 Å². The number of hydrogen-bond acceptors (Lipinski definition) is 3. The molecule has 1 aromatic rings. The molecule has 0 radical (unpaired) electrons. The third kappa shape index (κ3) is 3.98. The number of nitrogens with one attached hydrogen (secondary N) is 1. The van der Waals surface area contributed by atoms with Crippen molar-refractivity contribution in [2.45, 2.75) is 32.7 Å². The van der Waals surface area contributed by atoms with E-state index in [4.69, 9.17) is 0 Å². The fourth-order valence-electron chi connectivity index (χ4n) is 2.76. The van der Waals surface area contributed by atoms with Gasteiger partial charge in [-0.05, 0) is 63.5 Å². The first-order valence-electron chi connectivity index (χ1n) is 7.26. The Balaban J connectivity index is 1.87. The molecule has 2 rings (SSSR count). The Hall–Kier alpha value is -1.00.